The third kappa shape index (κ3) is 7.18. The first kappa shape index (κ1) is 29.9. The molecule has 3 aromatic heterocycles. The van der Waals surface area contributed by atoms with Gasteiger partial charge in [0.25, 0.3) is 5.91 Å². The van der Waals surface area contributed by atoms with Crippen LogP contribution in [0.5, 0.6) is 0 Å². The highest BCUT2D eigenvalue weighted by Gasteiger charge is 2.20. The Labute approximate surface area is 242 Å². The topological polar surface area (TPSA) is 108 Å². The minimum absolute atomic E-state index is 0.0840. The maximum Gasteiger partial charge on any atom is 0.252 e. The lowest BCUT2D eigenvalue weighted by Crippen LogP contribution is -2.44. The van der Waals surface area contributed by atoms with Crippen LogP contribution in [0.15, 0.2) is 53.5 Å². The number of carbonyl (C=O) groups is 2. The molecule has 1 saturated heterocycles. The van der Waals surface area contributed by atoms with Crippen molar-refractivity contribution >= 4 is 29.2 Å². The van der Waals surface area contributed by atoms with Gasteiger partial charge in [0, 0.05) is 56.2 Å². The largest absolute Gasteiger partial charge is 0.354 e. The molecule has 1 fully saturated rings. The van der Waals surface area contributed by atoms with Crippen LogP contribution in [0.2, 0.25) is 0 Å². The molecule has 4 heterocycles. The van der Waals surface area contributed by atoms with Crippen LogP contribution < -0.4 is 15.5 Å². The summed E-state index contributed by atoms with van der Waals surface area (Å²) in [4.78, 5) is 38.7. The molecule has 10 heteroatoms. The van der Waals surface area contributed by atoms with E-state index >= 15 is 0 Å². The summed E-state index contributed by atoms with van der Waals surface area (Å²) in [6, 6.07) is 5.98. The smallest absolute Gasteiger partial charge is 0.252 e. The Balaban J connectivity index is 1.64. The first-order valence-corrected chi connectivity index (χ1v) is 14.3. The first-order valence-electron chi connectivity index (χ1n) is 14.3. The molecule has 4 rings (SSSR count). The van der Waals surface area contributed by atoms with Crippen molar-refractivity contribution in [3.63, 3.8) is 0 Å². The number of allylic oxidation sites excluding steroid dienone is 3. The summed E-state index contributed by atoms with van der Waals surface area (Å²) >= 11 is 0. The van der Waals surface area contributed by atoms with E-state index in [-0.39, 0.29) is 11.9 Å². The lowest BCUT2D eigenvalue weighted by molar-refractivity contribution is -0.108. The van der Waals surface area contributed by atoms with Crippen molar-refractivity contribution in [3.05, 3.63) is 59.1 Å². The van der Waals surface area contributed by atoms with Crippen LogP contribution >= 0.6 is 0 Å². The number of nitrogens with zero attached hydrogens (tertiary/aromatic N) is 6. The summed E-state index contributed by atoms with van der Waals surface area (Å²) in [5, 5.41) is 11.0. The molecule has 0 aromatic carbocycles. The molecule has 2 N–H and O–H groups in total. The number of pyridine rings is 2. The summed E-state index contributed by atoms with van der Waals surface area (Å²) in [5.41, 5.74) is 5.63. The lowest BCUT2D eigenvalue weighted by atomic mass is 10.0. The van der Waals surface area contributed by atoms with Crippen LogP contribution in [-0.4, -0.2) is 76.7 Å². The minimum atomic E-state index is -0.189. The fourth-order valence-corrected chi connectivity index (χ4v) is 4.99. The Morgan fingerprint density at radius 1 is 1.12 bits per heavy atom. The zero-order valence-electron chi connectivity index (χ0n) is 25.1. The monoisotopic (exact) mass is 558 g/mol. The normalized spacial score (nSPS) is 15.3. The number of amides is 2. The lowest BCUT2D eigenvalue weighted by Gasteiger charge is -2.33. The molecule has 0 atom stereocenters. The number of hydrogen-bond acceptors (Lipinski definition) is 7. The molecule has 1 aliphatic heterocycles. The van der Waals surface area contributed by atoms with E-state index in [0.717, 1.165) is 67.2 Å². The van der Waals surface area contributed by atoms with Gasteiger partial charge in [-0.3, -0.25) is 9.59 Å². The molecule has 10 nitrogen and oxygen atoms in total. The molecule has 0 saturated carbocycles. The second kappa shape index (κ2) is 13.5. The Kier molecular flexibility index (Phi) is 9.88. The van der Waals surface area contributed by atoms with Crippen molar-refractivity contribution in [2.24, 2.45) is 0 Å². The summed E-state index contributed by atoms with van der Waals surface area (Å²) in [6.45, 7) is 14.4. The highest BCUT2D eigenvalue weighted by atomic mass is 16.1. The number of nitrogens with one attached hydrogen (secondary N) is 2. The van der Waals surface area contributed by atoms with Gasteiger partial charge in [-0.25, -0.2) is 14.6 Å². The van der Waals surface area contributed by atoms with Gasteiger partial charge in [0.2, 0.25) is 6.41 Å². The number of rotatable bonds is 11. The van der Waals surface area contributed by atoms with E-state index in [1.54, 1.807) is 6.20 Å². The zero-order chi connectivity index (χ0) is 29.5. The SMILES string of the molecule is CCCC(/C=C(/C)NC=O)=C(/C)CNC(=O)c1cc(-c2ccc(N3CCN(C)CC3)nc2)nc2c1cnn2C(C)C. The number of aromatic nitrogens is 4. The van der Waals surface area contributed by atoms with Crippen LogP contribution in [0.1, 0.15) is 63.9 Å². The van der Waals surface area contributed by atoms with Crippen LogP contribution in [0, 0.1) is 0 Å². The van der Waals surface area contributed by atoms with Gasteiger partial charge in [-0.2, -0.15) is 5.10 Å². The summed E-state index contributed by atoms with van der Waals surface area (Å²) < 4.78 is 1.85. The molecular weight excluding hydrogens is 516 g/mol. The third-order valence-corrected chi connectivity index (χ3v) is 7.43. The van der Waals surface area contributed by atoms with Crippen molar-refractivity contribution in [3.8, 4) is 11.3 Å². The van der Waals surface area contributed by atoms with Crippen LogP contribution in [0.3, 0.4) is 0 Å². The number of piperazine rings is 1. The Bertz CT molecular complexity index is 1430. The number of fused-ring (bicyclic) bond motifs is 1. The van der Waals surface area contributed by atoms with Crippen molar-refractivity contribution in [1.82, 2.24) is 35.3 Å². The van der Waals surface area contributed by atoms with Gasteiger partial charge in [-0.15, -0.1) is 0 Å². The minimum Gasteiger partial charge on any atom is -0.354 e. The average molecular weight is 559 g/mol. The maximum atomic E-state index is 13.6. The number of likely N-dealkylation sites (N-methyl/N-ethyl adjacent to an activating group) is 1. The molecule has 0 spiro atoms. The maximum absolute atomic E-state index is 13.6. The standard InChI is InChI=1S/C31H42N8O2/c1-7-8-24(15-23(5)34-20-40)22(4)17-33-31(41)26-16-28(36-30-27(26)19-35-39(30)21(2)3)25-9-10-29(32-18-25)38-13-11-37(6)12-14-38/h9-10,15-16,18-21H,7-8,11-14,17H2,1-6H3,(H,33,41)(H,34,40)/b23-15-,24-22+. The van der Waals surface area contributed by atoms with Crippen LogP contribution in [-0.2, 0) is 4.79 Å². The van der Waals surface area contributed by atoms with E-state index < -0.39 is 0 Å². The Morgan fingerprint density at radius 2 is 1.88 bits per heavy atom. The number of anilines is 1. The van der Waals surface area contributed by atoms with Gasteiger partial charge in [-0.1, -0.05) is 18.9 Å². The molecule has 218 valence electrons. The van der Waals surface area contributed by atoms with Crippen molar-refractivity contribution in [2.75, 3.05) is 44.7 Å². The average Bonchev–Trinajstić information content (AvgIpc) is 3.40. The number of carbonyl (C=O) groups excluding carboxylic acids is 2. The van der Waals surface area contributed by atoms with Crippen molar-refractivity contribution in [2.45, 2.75) is 53.5 Å². The van der Waals surface area contributed by atoms with Gasteiger partial charge < -0.3 is 20.4 Å². The summed E-state index contributed by atoms with van der Waals surface area (Å²) in [6.07, 6.45) is 8.00. The Hall–Kier alpha value is -4.05. The predicted octanol–water partition coefficient (Wildman–Crippen LogP) is 4.32. The van der Waals surface area contributed by atoms with E-state index in [1.165, 1.54) is 0 Å². The third-order valence-electron chi connectivity index (χ3n) is 7.43. The van der Waals surface area contributed by atoms with E-state index in [4.69, 9.17) is 9.97 Å². The van der Waals surface area contributed by atoms with E-state index in [9.17, 15) is 9.59 Å². The van der Waals surface area contributed by atoms with E-state index in [2.05, 4.69) is 39.5 Å². The van der Waals surface area contributed by atoms with Gasteiger partial charge in [0.1, 0.15) is 5.82 Å². The molecule has 0 aliphatic carbocycles. The molecule has 0 radical (unpaired) electrons. The van der Waals surface area contributed by atoms with E-state index in [1.807, 2.05) is 62.8 Å². The fourth-order valence-electron chi connectivity index (χ4n) is 4.99. The van der Waals surface area contributed by atoms with E-state index in [0.29, 0.717) is 35.2 Å². The van der Waals surface area contributed by atoms with Gasteiger partial charge in [0.15, 0.2) is 5.65 Å². The molecular formula is C31H42N8O2. The summed E-state index contributed by atoms with van der Waals surface area (Å²) in [5.74, 6) is 0.761. The van der Waals surface area contributed by atoms with Crippen LogP contribution in [0.4, 0.5) is 5.82 Å². The number of hydrogen-bond donors (Lipinski definition) is 2. The second-order valence-electron chi connectivity index (χ2n) is 11.0. The molecule has 1 aliphatic rings. The molecule has 0 unspecified atom stereocenters. The van der Waals surface area contributed by atoms with Gasteiger partial charge in [-0.05, 0) is 71.0 Å². The zero-order valence-corrected chi connectivity index (χ0v) is 25.1. The van der Waals surface area contributed by atoms with Gasteiger partial charge >= 0.3 is 0 Å². The molecule has 41 heavy (non-hydrogen) atoms. The van der Waals surface area contributed by atoms with Crippen molar-refractivity contribution < 1.29 is 9.59 Å². The second-order valence-corrected chi connectivity index (χ2v) is 11.0. The highest BCUT2D eigenvalue weighted by Crippen LogP contribution is 2.27. The molecule has 2 amide bonds. The quantitative estimate of drug-likeness (QED) is 0.267. The fraction of sp³-hybridized carbons (Fsp3) is 0.452. The highest BCUT2D eigenvalue weighted by molar-refractivity contribution is 6.06. The first-order chi connectivity index (χ1) is 19.7. The predicted molar refractivity (Wildman–Crippen MR) is 164 cm³/mol. The van der Waals surface area contributed by atoms with Gasteiger partial charge in [0.05, 0.1) is 22.8 Å². The molecule has 0 bridgehead atoms. The Morgan fingerprint density at radius 3 is 2.51 bits per heavy atom. The summed E-state index contributed by atoms with van der Waals surface area (Å²) in [7, 11) is 2.14. The van der Waals surface area contributed by atoms with Crippen molar-refractivity contribution in [1.29, 1.82) is 0 Å². The van der Waals surface area contributed by atoms with Crippen LogP contribution in [0.25, 0.3) is 22.3 Å². The molecule has 3 aromatic rings.